The lowest BCUT2D eigenvalue weighted by Gasteiger charge is -2.34. The summed E-state index contributed by atoms with van der Waals surface area (Å²) in [6, 6.07) is 5.58. The summed E-state index contributed by atoms with van der Waals surface area (Å²) in [6.07, 6.45) is 2.37. The number of aromatic nitrogens is 1. The number of anilines is 1. The Morgan fingerprint density at radius 2 is 1.91 bits per heavy atom. The van der Waals surface area contributed by atoms with E-state index in [0.29, 0.717) is 22.1 Å². The standard InChI is InChI=1S/C25H35ClN4O2/c1-6-30(15-19-7-9-29(5)10-8-19)23-13-20(26)12-21(18(23)4)24(31)27-14-22-16(2)11-17(3)28-25(22)32/h11-13,19H,6-10,14-15H2,1-5H3,(H,27,31)(H,28,32). The van der Waals surface area contributed by atoms with Crippen LogP contribution in [-0.2, 0) is 6.54 Å². The van der Waals surface area contributed by atoms with Gasteiger partial charge in [-0.3, -0.25) is 9.59 Å². The summed E-state index contributed by atoms with van der Waals surface area (Å²) in [5.74, 6) is 0.416. The third kappa shape index (κ3) is 5.73. The van der Waals surface area contributed by atoms with Crippen LogP contribution >= 0.6 is 11.6 Å². The van der Waals surface area contributed by atoms with E-state index in [4.69, 9.17) is 11.6 Å². The van der Waals surface area contributed by atoms with Gasteiger partial charge in [-0.25, -0.2) is 0 Å². The fourth-order valence-electron chi connectivity index (χ4n) is 4.55. The molecule has 1 aromatic carbocycles. The fourth-order valence-corrected chi connectivity index (χ4v) is 4.76. The number of hydrogen-bond donors (Lipinski definition) is 2. The van der Waals surface area contributed by atoms with Crippen LogP contribution in [-0.4, -0.2) is 49.0 Å². The Morgan fingerprint density at radius 3 is 2.53 bits per heavy atom. The van der Waals surface area contributed by atoms with E-state index in [2.05, 4.69) is 34.1 Å². The fraction of sp³-hybridized carbons (Fsp3) is 0.520. The largest absolute Gasteiger partial charge is 0.371 e. The lowest BCUT2D eigenvalue weighted by molar-refractivity contribution is 0.0950. The molecule has 0 bridgehead atoms. The number of halogens is 1. The van der Waals surface area contributed by atoms with E-state index in [1.54, 1.807) is 6.07 Å². The molecule has 3 rings (SSSR count). The van der Waals surface area contributed by atoms with Crippen LogP contribution in [0.1, 0.15) is 52.5 Å². The van der Waals surface area contributed by atoms with Gasteiger partial charge in [0.1, 0.15) is 0 Å². The van der Waals surface area contributed by atoms with Crippen molar-refractivity contribution in [1.29, 1.82) is 0 Å². The Hall–Kier alpha value is -2.31. The maximum Gasteiger partial charge on any atom is 0.253 e. The number of carbonyl (C=O) groups is 1. The maximum absolute atomic E-state index is 13.1. The van der Waals surface area contributed by atoms with Gasteiger partial charge in [0.25, 0.3) is 11.5 Å². The van der Waals surface area contributed by atoms with Gasteiger partial charge in [0.05, 0.1) is 0 Å². The second-order valence-electron chi connectivity index (χ2n) is 9.01. The van der Waals surface area contributed by atoms with Crippen LogP contribution in [0.5, 0.6) is 0 Å². The summed E-state index contributed by atoms with van der Waals surface area (Å²) in [5.41, 5.74) is 4.55. The zero-order valence-corrected chi connectivity index (χ0v) is 20.6. The van der Waals surface area contributed by atoms with E-state index in [1.807, 2.05) is 32.9 Å². The molecule has 0 aliphatic carbocycles. The number of pyridine rings is 1. The second kappa shape index (κ2) is 10.5. The monoisotopic (exact) mass is 458 g/mol. The predicted octanol–water partition coefficient (Wildman–Crippen LogP) is 4.05. The highest BCUT2D eigenvalue weighted by atomic mass is 35.5. The third-order valence-corrected chi connectivity index (χ3v) is 6.77. The molecule has 0 saturated carbocycles. The minimum atomic E-state index is -0.221. The number of amides is 1. The number of likely N-dealkylation sites (tertiary alicyclic amines) is 1. The van der Waals surface area contributed by atoms with Gasteiger partial charge in [0, 0.05) is 47.2 Å². The van der Waals surface area contributed by atoms with Crippen molar-refractivity contribution in [1.82, 2.24) is 15.2 Å². The van der Waals surface area contributed by atoms with E-state index >= 15 is 0 Å². The molecule has 1 amide bonds. The average Bonchev–Trinajstić information content (AvgIpc) is 2.74. The van der Waals surface area contributed by atoms with Gasteiger partial charge in [0.15, 0.2) is 0 Å². The van der Waals surface area contributed by atoms with Crippen LogP contribution in [0.3, 0.4) is 0 Å². The number of rotatable bonds is 7. The molecule has 174 valence electrons. The molecule has 0 radical (unpaired) electrons. The molecule has 1 fully saturated rings. The summed E-state index contributed by atoms with van der Waals surface area (Å²) in [5, 5.41) is 3.46. The van der Waals surface area contributed by atoms with Crippen LogP contribution in [0.4, 0.5) is 5.69 Å². The first-order valence-corrected chi connectivity index (χ1v) is 11.8. The molecule has 7 heteroatoms. The van der Waals surface area contributed by atoms with Crippen LogP contribution in [0.25, 0.3) is 0 Å². The van der Waals surface area contributed by atoms with Crippen molar-refractivity contribution in [2.45, 2.75) is 47.1 Å². The topological polar surface area (TPSA) is 68.4 Å². The van der Waals surface area contributed by atoms with E-state index in [0.717, 1.165) is 48.7 Å². The molecule has 2 heterocycles. The van der Waals surface area contributed by atoms with E-state index in [9.17, 15) is 9.59 Å². The minimum Gasteiger partial charge on any atom is -0.371 e. The minimum absolute atomic E-state index is 0.165. The highest BCUT2D eigenvalue weighted by Crippen LogP contribution is 2.30. The Balaban J connectivity index is 1.79. The molecular weight excluding hydrogens is 424 g/mol. The number of carbonyl (C=O) groups excluding carboxylic acids is 1. The van der Waals surface area contributed by atoms with E-state index in [1.165, 1.54) is 12.8 Å². The van der Waals surface area contributed by atoms with Crippen molar-refractivity contribution in [3.05, 3.63) is 61.5 Å². The van der Waals surface area contributed by atoms with Crippen molar-refractivity contribution in [2.24, 2.45) is 5.92 Å². The number of H-pyrrole nitrogens is 1. The number of aryl methyl sites for hydroxylation is 2. The lowest BCUT2D eigenvalue weighted by atomic mass is 9.95. The molecule has 0 spiro atoms. The first kappa shape index (κ1) is 24.3. The number of piperidine rings is 1. The van der Waals surface area contributed by atoms with Gasteiger partial charge >= 0.3 is 0 Å². The van der Waals surface area contributed by atoms with E-state index < -0.39 is 0 Å². The zero-order chi connectivity index (χ0) is 23.4. The average molecular weight is 459 g/mol. The SMILES string of the molecule is CCN(CC1CCN(C)CC1)c1cc(Cl)cc(C(=O)NCc2c(C)cc(C)[nH]c2=O)c1C. The summed E-state index contributed by atoms with van der Waals surface area (Å²) >= 11 is 6.45. The zero-order valence-electron chi connectivity index (χ0n) is 19.8. The molecular formula is C25H35ClN4O2. The van der Waals surface area contributed by atoms with Crippen molar-refractivity contribution in [3.63, 3.8) is 0 Å². The Bertz CT molecular complexity index is 1030. The Labute approximate surface area is 196 Å². The molecule has 0 unspecified atom stereocenters. The van der Waals surface area contributed by atoms with Gasteiger partial charge in [-0.1, -0.05) is 11.6 Å². The highest BCUT2D eigenvalue weighted by molar-refractivity contribution is 6.31. The predicted molar refractivity (Wildman–Crippen MR) is 132 cm³/mol. The van der Waals surface area contributed by atoms with Gasteiger partial charge in [-0.2, -0.15) is 0 Å². The number of nitrogens with one attached hydrogen (secondary N) is 2. The summed E-state index contributed by atoms with van der Waals surface area (Å²) < 4.78 is 0. The maximum atomic E-state index is 13.1. The summed E-state index contributed by atoms with van der Waals surface area (Å²) in [7, 11) is 2.17. The van der Waals surface area contributed by atoms with Gasteiger partial charge in [0.2, 0.25) is 0 Å². The van der Waals surface area contributed by atoms with Crippen molar-refractivity contribution >= 4 is 23.2 Å². The molecule has 1 aliphatic heterocycles. The Morgan fingerprint density at radius 1 is 1.22 bits per heavy atom. The molecule has 6 nitrogen and oxygen atoms in total. The Kier molecular flexibility index (Phi) is 8.01. The van der Waals surface area contributed by atoms with Crippen LogP contribution in [0, 0.1) is 26.7 Å². The third-order valence-electron chi connectivity index (χ3n) is 6.55. The smallest absolute Gasteiger partial charge is 0.253 e. The van der Waals surface area contributed by atoms with Crippen molar-refractivity contribution in [3.8, 4) is 0 Å². The van der Waals surface area contributed by atoms with Gasteiger partial charge in [-0.05, 0) is 95.9 Å². The number of aromatic amines is 1. The quantitative estimate of drug-likeness (QED) is 0.656. The molecule has 2 aromatic rings. The number of hydrogen-bond acceptors (Lipinski definition) is 4. The second-order valence-corrected chi connectivity index (χ2v) is 9.44. The van der Waals surface area contributed by atoms with E-state index in [-0.39, 0.29) is 18.0 Å². The molecule has 2 N–H and O–H groups in total. The highest BCUT2D eigenvalue weighted by Gasteiger charge is 2.22. The number of nitrogens with zero attached hydrogens (tertiary/aromatic N) is 2. The molecule has 1 aromatic heterocycles. The molecule has 0 atom stereocenters. The van der Waals surface area contributed by atoms with Crippen molar-refractivity contribution in [2.75, 3.05) is 38.1 Å². The first-order chi connectivity index (χ1) is 15.2. The van der Waals surface area contributed by atoms with Gasteiger partial charge < -0.3 is 20.1 Å². The van der Waals surface area contributed by atoms with Crippen LogP contribution in [0.2, 0.25) is 5.02 Å². The first-order valence-electron chi connectivity index (χ1n) is 11.4. The molecule has 32 heavy (non-hydrogen) atoms. The lowest BCUT2D eigenvalue weighted by Crippen LogP contribution is -2.37. The normalized spacial score (nSPS) is 15.1. The molecule has 1 aliphatic rings. The number of benzene rings is 1. The van der Waals surface area contributed by atoms with Crippen LogP contribution < -0.4 is 15.8 Å². The van der Waals surface area contributed by atoms with Crippen molar-refractivity contribution < 1.29 is 4.79 Å². The molecule has 1 saturated heterocycles. The van der Waals surface area contributed by atoms with Gasteiger partial charge in [-0.15, -0.1) is 0 Å². The van der Waals surface area contributed by atoms with Crippen LogP contribution in [0.15, 0.2) is 23.0 Å². The summed E-state index contributed by atoms with van der Waals surface area (Å²) in [6.45, 7) is 12.1. The summed E-state index contributed by atoms with van der Waals surface area (Å²) in [4.78, 5) is 32.9.